The topological polar surface area (TPSA) is 54.5 Å². The largest absolute Gasteiger partial charge is 0.370 e. The van der Waals surface area contributed by atoms with Crippen molar-refractivity contribution in [2.24, 2.45) is 0 Å². The van der Waals surface area contributed by atoms with Crippen molar-refractivity contribution in [3.8, 4) is 0 Å². The molecule has 1 saturated heterocycles. The Labute approximate surface area is 171 Å². The van der Waals surface area contributed by atoms with Crippen LogP contribution in [0.4, 0.5) is 0 Å². The first-order valence-corrected chi connectivity index (χ1v) is 11.1. The normalized spacial score (nSPS) is 25.7. The molecule has 1 N–H and O–H groups in total. The summed E-state index contributed by atoms with van der Waals surface area (Å²) < 4.78 is 6.38. The van der Waals surface area contributed by atoms with Crippen molar-refractivity contribution in [1.82, 2.24) is 15.2 Å². The van der Waals surface area contributed by atoms with Gasteiger partial charge in [0.1, 0.15) is 5.60 Å². The zero-order valence-corrected chi connectivity index (χ0v) is 17.3. The van der Waals surface area contributed by atoms with E-state index in [1.807, 2.05) is 29.8 Å². The second kappa shape index (κ2) is 8.72. The van der Waals surface area contributed by atoms with E-state index < -0.39 is 0 Å². The zero-order chi connectivity index (χ0) is 19.4. The number of thiophene rings is 1. The molecule has 2 atom stereocenters. The van der Waals surface area contributed by atoms with Crippen LogP contribution in [0.25, 0.3) is 0 Å². The van der Waals surface area contributed by atoms with E-state index in [4.69, 9.17) is 4.74 Å². The van der Waals surface area contributed by atoms with E-state index >= 15 is 0 Å². The Morgan fingerprint density at radius 2 is 2.32 bits per heavy atom. The lowest BCUT2D eigenvalue weighted by Crippen LogP contribution is -2.64. The molecule has 2 aliphatic rings. The Bertz CT molecular complexity index is 791. The van der Waals surface area contributed by atoms with Crippen LogP contribution in [0, 0.1) is 6.92 Å². The molecule has 2 aromatic heterocycles. The number of amides is 1. The molecule has 1 saturated carbocycles. The molecule has 2 fully saturated rings. The predicted octanol–water partition coefficient (Wildman–Crippen LogP) is 3.32. The van der Waals surface area contributed by atoms with Crippen LogP contribution in [-0.4, -0.2) is 47.1 Å². The van der Waals surface area contributed by atoms with Crippen molar-refractivity contribution in [3.05, 3.63) is 52.0 Å². The van der Waals surface area contributed by atoms with Crippen LogP contribution >= 0.6 is 11.3 Å². The molecular formula is C22H29N3O2S. The molecule has 4 rings (SSSR count). The number of hydrogen-bond donors (Lipinski definition) is 1. The molecular weight excluding hydrogens is 370 g/mol. The lowest BCUT2D eigenvalue weighted by Gasteiger charge is -2.49. The summed E-state index contributed by atoms with van der Waals surface area (Å²) in [5.41, 5.74) is 2.09. The minimum absolute atomic E-state index is 0.0846. The number of carbonyl (C=O) groups is 1. The molecule has 3 heterocycles. The Balaban J connectivity index is 1.44. The monoisotopic (exact) mass is 399 g/mol. The molecule has 1 aliphatic heterocycles. The Morgan fingerprint density at radius 1 is 1.39 bits per heavy atom. The molecule has 150 valence electrons. The number of pyridine rings is 1. The average molecular weight is 400 g/mol. The molecule has 2 aromatic rings. The van der Waals surface area contributed by atoms with Gasteiger partial charge in [0, 0.05) is 30.7 Å². The van der Waals surface area contributed by atoms with E-state index in [1.165, 1.54) is 5.56 Å². The molecule has 1 spiro atoms. The summed E-state index contributed by atoms with van der Waals surface area (Å²) in [6.07, 6.45) is 6.64. The molecule has 0 aromatic carbocycles. The van der Waals surface area contributed by atoms with Crippen LogP contribution in [0.15, 0.2) is 35.8 Å². The number of aromatic nitrogens is 1. The van der Waals surface area contributed by atoms with Gasteiger partial charge in [0.2, 0.25) is 5.91 Å². The number of rotatable bonds is 5. The van der Waals surface area contributed by atoms with E-state index in [1.54, 1.807) is 11.3 Å². The lowest BCUT2D eigenvalue weighted by atomic mass is 9.78. The molecule has 5 nitrogen and oxygen atoms in total. The Morgan fingerprint density at radius 3 is 3.14 bits per heavy atom. The van der Waals surface area contributed by atoms with Gasteiger partial charge in [0.05, 0.1) is 24.8 Å². The Kier molecular flexibility index (Phi) is 6.09. The fourth-order valence-electron chi connectivity index (χ4n) is 4.50. The first-order valence-electron chi connectivity index (χ1n) is 10.2. The van der Waals surface area contributed by atoms with Crippen molar-refractivity contribution in [3.63, 3.8) is 0 Å². The van der Waals surface area contributed by atoms with Crippen LogP contribution < -0.4 is 5.32 Å². The van der Waals surface area contributed by atoms with E-state index in [0.29, 0.717) is 13.0 Å². The summed E-state index contributed by atoms with van der Waals surface area (Å²) >= 11 is 1.64. The number of nitrogens with one attached hydrogen (secondary N) is 1. The van der Waals surface area contributed by atoms with E-state index in [9.17, 15) is 4.79 Å². The number of aryl methyl sites for hydroxylation is 1. The first kappa shape index (κ1) is 19.6. The lowest BCUT2D eigenvalue weighted by molar-refractivity contribution is -0.151. The van der Waals surface area contributed by atoms with Crippen LogP contribution in [0.5, 0.6) is 0 Å². The fourth-order valence-corrected chi connectivity index (χ4v) is 5.21. The van der Waals surface area contributed by atoms with Crippen molar-refractivity contribution in [2.75, 3.05) is 19.7 Å². The highest BCUT2D eigenvalue weighted by atomic mass is 32.1. The van der Waals surface area contributed by atoms with Crippen molar-refractivity contribution >= 4 is 17.2 Å². The van der Waals surface area contributed by atoms with Gasteiger partial charge in [-0.25, -0.2) is 0 Å². The maximum atomic E-state index is 12.6. The fraction of sp³-hybridized carbons (Fsp3) is 0.545. The van der Waals surface area contributed by atoms with Gasteiger partial charge in [-0.15, -0.1) is 11.3 Å². The summed E-state index contributed by atoms with van der Waals surface area (Å²) in [7, 11) is 0. The molecule has 1 amide bonds. The summed E-state index contributed by atoms with van der Waals surface area (Å²) in [5, 5.41) is 5.33. The summed E-state index contributed by atoms with van der Waals surface area (Å²) in [6.45, 7) is 5.43. The van der Waals surface area contributed by atoms with Gasteiger partial charge in [0.25, 0.3) is 0 Å². The van der Waals surface area contributed by atoms with Gasteiger partial charge in [-0.05, 0) is 42.8 Å². The number of morpholine rings is 1. The van der Waals surface area contributed by atoms with Gasteiger partial charge in [-0.1, -0.05) is 25.0 Å². The quantitative estimate of drug-likeness (QED) is 0.838. The molecule has 0 bridgehead atoms. The highest BCUT2D eigenvalue weighted by molar-refractivity contribution is 7.10. The number of hydrogen-bond acceptors (Lipinski definition) is 5. The van der Waals surface area contributed by atoms with E-state index in [-0.39, 0.29) is 17.6 Å². The third kappa shape index (κ3) is 4.45. The molecule has 0 unspecified atom stereocenters. The number of carbonyl (C=O) groups excluding carboxylic acids is 1. The van der Waals surface area contributed by atoms with Crippen LogP contribution in [0.3, 0.4) is 0 Å². The second-order valence-corrected chi connectivity index (χ2v) is 9.05. The van der Waals surface area contributed by atoms with Gasteiger partial charge < -0.3 is 10.1 Å². The van der Waals surface area contributed by atoms with Crippen LogP contribution in [-0.2, 0) is 22.5 Å². The van der Waals surface area contributed by atoms with Crippen LogP contribution in [0.1, 0.15) is 41.8 Å². The van der Waals surface area contributed by atoms with Crippen molar-refractivity contribution in [2.45, 2.75) is 57.2 Å². The first-order chi connectivity index (χ1) is 13.6. The molecule has 6 heteroatoms. The smallest absolute Gasteiger partial charge is 0.225 e. The SMILES string of the molecule is Cc1cccnc1CN1CCO[C@]2(CCCC[C@@H]2NC(=O)Cc2cccs2)C1. The molecule has 28 heavy (non-hydrogen) atoms. The van der Waals surface area contributed by atoms with Crippen LogP contribution in [0.2, 0.25) is 0 Å². The van der Waals surface area contributed by atoms with Gasteiger partial charge in [-0.2, -0.15) is 0 Å². The van der Waals surface area contributed by atoms with E-state index in [0.717, 1.165) is 55.9 Å². The third-order valence-corrected chi connectivity index (χ3v) is 6.88. The summed E-state index contributed by atoms with van der Waals surface area (Å²) in [5.74, 6) is 0.106. The standard InChI is InChI=1S/C22H29N3O2S/c1-17-6-4-10-23-19(17)15-25-11-12-27-22(16-25)9-3-2-8-20(22)24-21(26)14-18-7-5-13-28-18/h4-7,10,13,20H,2-3,8-9,11-12,14-16H2,1H3,(H,24,26)/t20-,22+/m0/s1. The predicted molar refractivity (Wildman–Crippen MR) is 111 cm³/mol. The number of ether oxygens (including phenoxy) is 1. The van der Waals surface area contributed by atoms with Crippen molar-refractivity contribution < 1.29 is 9.53 Å². The summed E-state index contributed by atoms with van der Waals surface area (Å²) in [4.78, 5) is 20.8. The minimum atomic E-state index is -0.274. The highest BCUT2D eigenvalue weighted by Gasteiger charge is 2.45. The maximum absolute atomic E-state index is 12.6. The highest BCUT2D eigenvalue weighted by Crippen LogP contribution is 2.35. The molecule has 1 aliphatic carbocycles. The maximum Gasteiger partial charge on any atom is 0.225 e. The minimum Gasteiger partial charge on any atom is -0.370 e. The van der Waals surface area contributed by atoms with Gasteiger partial charge in [0.15, 0.2) is 0 Å². The zero-order valence-electron chi connectivity index (χ0n) is 16.5. The third-order valence-electron chi connectivity index (χ3n) is 6.01. The van der Waals surface area contributed by atoms with Gasteiger partial charge >= 0.3 is 0 Å². The second-order valence-electron chi connectivity index (χ2n) is 8.01. The van der Waals surface area contributed by atoms with Gasteiger partial charge in [-0.3, -0.25) is 14.7 Å². The van der Waals surface area contributed by atoms with E-state index in [2.05, 4.69) is 28.2 Å². The Hall–Kier alpha value is -1.76. The van der Waals surface area contributed by atoms with Crippen molar-refractivity contribution in [1.29, 1.82) is 0 Å². The average Bonchev–Trinajstić information content (AvgIpc) is 3.19. The number of nitrogens with zero attached hydrogens (tertiary/aromatic N) is 2. The summed E-state index contributed by atoms with van der Waals surface area (Å²) in [6, 6.07) is 8.21. The molecule has 0 radical (unpaired) electrons.